The molecule has 6 aromatic carbocycles. The van der Waals surface area contributed by atoms with Gasteiger partial charge < -0.3 is 9.47 Å². The van der Waals surface area contributed by atoms with Gasteiger partial charge >= 0.3 is 0 Å². The Labute approximate surface area is 210 Å². The second-order valence-electron chi connectivity index (χ2n) is 8.90. The van der Waals surface area contributed by atoms with E-state index < -0.39 is 0 Å². The number of rotatable bonds is 4. The lowest BCUT2D eigenvalue weighted by molar-refractivity contribution is 0.414. The van der Waals surface area contributed by atoms with Crippen LogP contribution in [0.4, 0.5) is 0 Å². The zero-order chi connectivity index (χ0) is 24.6. The van der Waals surface area contributed by atoms with E-state index in [1.807, 2.05) is 24.3 Å². The summed E-state index contributed by atoms with van der Waals surface area (Å²) >= 11 is 0. The Hall–Kier alpha value is -4.74. The van der Waals surface area contributed by atoms with E-state index in [4.69, 9.17) is 15.9 Å². The first-order valence-corrected chi connectivity index (χ1v) is 11.9. The monoisotopic (exact) mass is 464 g/mol. The molecule has 0 aliphatic carbocycles. The number of ether oxygens (including phenoxy) is 2. The van der Waals surface area contributed by atoms with Crippen LogP contribution >= 0.6 is 0 Å². The van der Waals surface area contributed by atoms with E-state index in [0.29, 0.717) is 0 Å². The minimum Gasteiger partial charge on any atom is -0.497 e. The van der Waals surface area contributed by atoms with Crippen molar-refractivity contribution < 1.29 is 9.47 Å². The predicted octanol–water partition coefficient (Wildman–Crippen LogP) is 8.48. The topological polar surface area (TPSA) is 18.5 Å². The number of hydrogen-bond donors (Lipinski definition) is 0. The minimum absolute atomic E-state index is 0.811. The van der Waals surface area contributed by atoms with Crippen LogP contribution in [0.2, 0.25) is 0 Å². The molecule has 0 aliphatic rings. The van der Waals surface area contributed by atoms with Crippen LogP contribution in [0.3, 0.4) is 0 Å². The van der Waals surface area contributed by atoms with Crippen molar-refractivity contribution in [2.75, 3.05) is 14.2 Å². The van der Waals surface area contributed by atoms with Crippen molar-refractivity contribution in [3.63, 3.8) is 0 Å². The van der Waals surface area contributed by atoms with Crippen LogP contribution in [0.1, 0.15) is 5.56 Å². The maximum absolute atomic E-state index is 6.12. The van der Waals surface area contributed by atoms with E-state index in [9.17, 15) is 0 Å². The molecule has 0 aromatic heterocycles. The van der Waals surface area contributed by atoms with Crippen LogP contribution in [0.15, 0.2) is 103 Å². The minimum atomic E-state index is 0.811. The molecule has 0 radical (unpaired) electrons. The Bertz CT molecular complexity index is 1790. The van der Waals surface area contributed by atoms with Crippen molar-refractivity contribution in [1.82, 2.24) is 0 Å². The summed E-state index contributed by atoms with van der Waals surface area (Å²) in [6.07, 6.45) is 6.12. The zero-order valence-corrected chi connectivity index (χ0v) is 20.2. The van der Waals surface area contributed by atoms with Gasteiger partial charge in [-0.25, -0.2) is 0 Å². The number of terminal acetylenes is 1. The van der Waals surface area contributed by atoms with Crippen LogP contribution in [-0.4, -0.2) is 14.2 Å². The third-order valence-electron chi connectivity index (χ3n) is 6.87. The molecule has 0 unspecified atom stereocenters. The van der Waals surface area contributed by atoms with E-state index in [1.54, 1.807) is 14.2 Å². The van der Waals surface area contributed by atoms with Gasteiger partial charge in [0.25, 0.3) is 0 Å². The quantitative estimate of drug-likeness (QED) is 0.192. The fourth-order valence-electron chi connectivity index (χ4n) is 5.07. The van der Waals surface area contributed by atoms with E-state index in [1.165, 1.54) is 21.5 Å². The average Bonchev–Trinajstić information content (AvgIpc) is 2.94. The smallest absolute Gasteiger partial charge is 0.118 e. The zero-order valence-electron chi connectivity index (χ0n) is 20.2. The molecule has 0 atom stereocenters. The molecule has 0 saturated carbocycles. The maximum atomic E-state index is 6.12. The van der Waals surface area contributed by atoms with Crippen molar-refractivity contribution >= 4 is 32.3 Å². The van der Waals surface area contributed by atoms with Crippen LogP contribution in [0, 0.1) is 12.3 Å². The lowest BCUT2D eigenvalue weighted by Crippen LogP contribution is -1.94. The average molecular weight is 465 g/mol. The summed E-state index contributed by atoms with van der Waals surface area (Å²) in [4.78, 5) is 0. The maximum Gasteiger partial charge on any atom is 0.118 e. The first-order chi connectivity index (χ1) is 17.7. The molecule has 2 nitrogen and oxygen atoms in total. The highest BCUT2D eigenvalue weighted by Gasteiger charge is 2.17. The van der Waals surface area contributed by atoms with Crippen molar-refractivity contribution in [3.8, 4) is 46.1 Å². The molecule has 0 N–H and O–H groups in total. The van der Waals surface area contributed by atoms with Crippen molar-refractivity contribution in [1.29, 1.82) is 0 Å². The predicted molar refractivity (Wildman–Crippen MR) is 151 cm³/mol. The first-order valence-electron chi connectivity index (χ1n) is 11.9. The Morgan fingerprint density at radius 3 is 1.56 bits per heavy atom. The summed E-state index contributed by atoms with van der Waals surface area (Å²) in [7, 11) is 3.36. The highest BCUT2D eigenvalue weighted by molar-refractivity contribution is 6.12. The summed E-state index contributed by atoms with van der Waals surface area (Å²) in [5, 5.41) is 7.13. The number of fused-ring (bicyclic) bond motifs is 3. The summed E-state index contributed by atoms with van der Waals surface area (Å²) in [5.41, 5.74) is 5.15. The molecule has 0 bridgehead atoms. The van der Waals surface area contributed by atoms with Gasteiger partial charge in [0.1, 0.15) is 11.5 Å². The Morgan fingerprint density at radius 2 is 1.03 bits per heavy atom. The molecule has 0 fully saturated rings. The highest BCUT2D eigenvalue weighted by atomic mass is 16.5. The van der Waals surface area contributed by atoms with Crippen LogP contribution in [-0.2, 0) is 0 Å². The lowest BCUT2D eigenvalue weighted by atomic mass is 9.85. The third kappa shape index (κ3) is 3.63. The molecular weight excluding hydrogens is 440 g/mol. The number of benzene rings is 6. The Kier molecular flexibility index (Phi) is 5.32. The molecule has 6 rings (SSSR count). The van der Waals surface area contributed by atoms with E-state index >= 15 is 0 Å². The summed E-state index contributed by atoms with van der Waals surface area (Å²) in [6, 6.07) is 36.0. The number of methoxy groups -OCH3 is 2. The molecule has 6 aromatic rings. The second kappa shape index (κ2) is 8.80. The molecule has 0 amide bonds. The lowest BCUT2D eigenvalue weighted by Gasteiger charge is -2.18. The van der Waals surface area contributed by atoms with E-state index in [0.717, 1.165) is 50.1 Å². The van der Waals surface area contributed by atoms with Gasteiger partial charge in [-0.3, -0.25) is 0 Å². The van der Waals surface area contributed by atoms with Crippen molar-refractivity contribution in [2.24, 2.45) is 0 Å². The van der Waals surface area contributed by atoms with Crippen LogP contribution < -0.4 is 9.47 Å². The Balaban J connectivity index is 1.73. The van der Waals surface area contributed by atoms with Gasteiger partial charge in [0.2, 0.25) is 0 Å². The third-order valence-corrected chi connectivity index (χ3v) is 6.87. The first kappa shape index (κ1) is 21.8. The standard InChI is InChI=1S/C34H24O2/c1-4-22-17-29-20-27-18-25-7-5-6-8-26(25)19-28(27)21-32(29)34(24-11-15-31(36-3)16-12-24)33(22)23-9-13-30(35-2)14-10-23/h1,5-21H,2-3H3. The van der Waals surface area contributed by atoms with Gasteiger partial charge in [0.05, 0.1) is 14.2 Å². The molecule has 0 spiro atoms. The molecule has 2 heteroatoms. The van der Waals surface area contributed by atoms with Crippen LogP contribution in [0.5, 0.6) is 11.5 Å². The summed E-state index contributed by atoms with van der Waals surface area (Å²) in [5.74, 6) is 4.60. The van der Waals surface area contributed by atoms with Crippen LogP contribution in [0.25, 0.3) is 54.6 Å². The molecule has 0 saturated heterocycles. The van der Waals surface area contributed by atoms with Gasteiger partial charge in [0.15, 0.2) is 0 Å². The molecular formula is C34H24O2. The molecule has 36 heavy (non-hydrogen) atoms. The largest absolute Gasteiger partial charge is 0.497 e. The van der Waals surface area contributed by atoms with Crippen molar-refractivity contribution in [2.45, 2.75) is 0 Å². The van der Waals surface area contributed by atoms with E-state index in [-0.39, 0.29) is 0 Å². The van der Waals surface area contributed by atoms with Gasteiger partial charge in [0, 0.05) is 11.1 Å². The van der Waals surface area contributed by atoms with Crippen molar-refractivity contribution in [3.05, 3.63) is 109 Å². The second-order valence-corrected chi connectivity index (χ2v) is 8.90. The Morgan fingerprint density at radius 1 is 0.528 bits per heavy atom. The van der Waals surface area contributed by atoms with Gasteiger partial charge in [-0.1, -0.05) is 54.5 Å². The molecule has 172 valence electrons. The van der Waals surface area contributed by atoms with Gasteiger partial charge in [-0.2, -0.15) is 0 Å². The number of hydrogen-bond acceptors (Lipinski definition) is 2. The molecule has 0 heterocycles. The summed E-state index contributed by atoms with van der Waals surface area (Å²) < 4.78 is 10.8. The van der Waals surface area contributed by atoms with Gasteiger partial charge in [-0.15, -0.1) is 6.42 Å². The summed E-state index contributed by atoms with van der Waals surface area (Å²) in [6.45, 7) is 0. The normalized spacial score (nSPS) is 11.0. The highest BCUT2D eigenvalue weighted by Crippen LogP contribution is 2.43. The SMILES string of the molecule is C#Cc1cc2cc3cc4ccccc4cc3cc2c(-c2ccc(OC)cc2)c1-c1ccc(OC)cc1. The van der Waals surface area contributed by atoms with E-state index in [2.05, 4.69) is 84.8 Å². The fraction of sp³-hybridized carbons (Fsp3) is 0.0588. The fourth-order valence-corrected chi connectivity index (χ4v) is 5.07. The van der Waals surface area contributed by atoms with Gasteiger partial charge in [-0.05, 0) is 104 Å². The molecule has 0 aliphatic heterocycles.